The second-order valence-electron chi connectivity index (χ2n) is 7.08. The lowest BCUT2D eigenvalue weighted by atomic mass is 9.82. The standard InChI is InChI=1S/C16H31N3O2/c1-4-5-6-9-15(2,3)12-18-14(20)16(13(17)19-21)10-7-8-11-16/h21H,4-12H2,1-3H3,(H2,17,19)(H,18,20). The fourth-order valence-corrected chi connectivity index (χ4v) is 3.10. The maximum absolute atomic E-state index is 12.6. The fraction of sp³-hybridized carbons (Fsp3) is 0.875. The van der Waals surface area contributed by atoms with Crippen LogP contribution in [-0.2, 0) is 4.79 Å². The van der Waals surface area contributed by atoms with Crippen LogP contribution in [0.5, 0.6) is 0 Å². The molecule has 0 spiro atoms. The van der Waals surface area contributed by atoms with E-state index < -0.39 is 5.41 Å². The molecular weight excluding hydrogens is 266 g/mol. The van der Waals surface area contributed by atoms with Crippen LogP contribution in [0.25, 0.3) is 0 Å². The Balaban J connectivity index is 2.59. The van der Waals surface area contributed by atoms with Crippen molar-refractivity contribution in [1.82, 2.24) is 5.32 Å². The van der Waals surface area contributed by atoms with Crippen LogP contribution < -0.4 is 11.1 Å². The van der Waals surface area contributed by atoms with Gasteiger partial charge in [-0.3, -0.25) is 4.79 Å². The average Bonchev–Trinajstić information content (AvgIpc) is 2.95. The summed E-state index contributed by atoms with van der Waals surface area (Å²) in [5.74, 6) is -0.0276. The molecule has 1 amide bonds. The van der Waals surface area contributed by atoms with E-state index in [1.54, 1.807) is 0 Å². The van der Waals surface area contributed by atoms with Gasteiger partial charge >= 0.3 is 0 Å². The number of nitrogens with two attached hydrogens (primary N) is 1. The molecule has 4 N–H and O–H groups in total. The summed E-state index contributed by atoms with van der Waals surface area (Å²) in [6.07, 6.45) is 7.95. The lowest BCUT2D eigenvalue weighted by Gasteiger charge is -2.30. The molecule has 0 radical (unpaired) electrons. The molecular formula is C16H31N3O2. The summed E-state index contributed by atoms with van der Waals surface area (Å²) in [6.45, 7) is 7.17. The van der Waals surface area contributed by atoms with Gasteiger partial charge in [0.1, 0.15) is 5.41 Å². The predicted molar refractivity (Wildman–Crippen MR) is 85.2 cm³/mol. The van der Waals surface area contributed by atoms with Crippen LogP contribution in [0.2, 0.25) is 0 Å². The van der Waals surface area contributed by atoms with Crippen LogP contribution in [-0.4, -0.2) is 23.5 Å². The van der Waals surface area contributed by atoms with Crippen LogP contribution in [0.1, 0.15) is 72.1 Å². The van der Waals surface area contributed by atoms with Gasteiger partial charge < -0.3 is 16.3 Å². The molecule has 0 aromatic rings. The number of nitrogens with zero attached hydrogens (tertiary/aromatic N) is 1. The highest BCUT2D eigenvalue weighted by Crippen LogP contribution is 2.38. The first-order valence-electron chi connectivity index (χ1n) is 8.14. The number of unbranched alkanes of at least 4 members (excludes halogenated alkanes) is 2. The Morgan fingerprint density at radius 3 is 2.48 bits per heavy atom. The third-order valence-corrected chi connectivity index (χ3v) is 4.67. The second kappa shape index (κ2) is 7.66. The largest absolute Gasteiger partial charge is 0.409 e. The molecule has 0 unspecified atom stereocenters. The average molecular weight is 297 g/mol. The van der Waals surface area contributed by atoms with E-state index in [1.165, 1.54) is 19.3 Å². The van der Waals surface area contributed by atoms with Crippen molar-refractivity contribution < 1.29 is 10.0 Å². The van der Waals surface area contributed by atoms with E-state index in [9.17, 15) is 4.79 Å². The topological polar surface area (TPSA) is 87.7 Å². The first-order chi connectivity index (χ1) is 9.88. The summed E-state index contributed by atoms with van der Waals surface area (Å²) in [7, 11) is 0. The highest BCUT2D eigenvalue weighted by atomic mass is 16.4. The Kier molecular flexibility index (Phi) is 6.49. The zero-order valence-electron chi connectivity index (χ0n) is 13.7. The predicted octanol–water partition coefficient (Wildman–Crippen LogP) is 3.02. The van der Waals surface area contributed by atoms with E-state index in [4.69, 9.17) is 10.9 Å². The Hall–Kier alpha value is -1.26. The van der Waals surface area contributed by atoms with Gasteiger partial charge in [0.2, 0.25) is 5.91 Å². The van der Waals surface area contributed by atoms with Gasteiger partial charge in [-0.15, -0.1) is 0 Å². The zero-order chi connectivity index (χ0) is 15.9. The molecule has 1 aliphatic carbocycles. The Bertz CT molecular complexity index is 372. The number of hydrogen-bond donors (Lipinski definition) is 3. The molecule has 5 nitrogen and oxygen atoms in total. The van der Waals surface area contributed by atoms with Crippen molar-refractivity contribution in [1.29, 1.82) is 0 Å². The quantitative estimate of drug-likeness (QED) is 0.211. The number of carbonyl (C=O) groups is 1. The van der Waals surface area contributed by atoms with Gasteiger partial charge in [-0.25, -0.2) is 0 Å². The number of nitrogens with one attached hydrogen (secondary N) is 1. The zero-order valence-corrected chi connectivity index (χ0v) is 13.7. The molecule has 1 fully saturated rings. The normalized spacial score (nSPS) is 18.7. The van der Waals surface area contributed by atoms with E-state index in [0.717, 1.165) is 19.3 Å². The number of carbonyl (C=O) groups excluding carboxylic acids is 1. The molecule has 0 saturated heterocycles. The molecule has 0 heterocycles. The highest BCUT2D eigenvalue weighted by molar-refractivity contribution is 6.07. The molecule has 0 atom stereocenters. The van der Waals surface area contributed by atoms with Crippen molar-refractivity contribution in [3.8, 4) is 0 Å². The minimum atomic E-state index is -0.797. The molecule has 0 aromatic heterocycles. The molecule has 0 aromatic carbocycles. The van der Waals surface area contributed by atoms with Crippen LogP contribution >= 0.6 is 0 Å². The molecule has 21 heavy (non-hydrogen) atoms. The lowest BCUT2D eigenvalue weighted by Crippen LogP contribution is -2.50. The minimum Gasteiger partial charge on any atom is -0.409 e. The van der Waals surface area contributed by atoms with Gasteiger partial charge in [-0.1, -0.05) is 58.0 Å². The van der Waals surface area contributed by atoms with Crippen molar-refractivity contribution in [3.63, 3.8) is 0 Å². The maximum atomic E-state index is 12.6. The number of hydrogen-bond acceptors (Lipinski definition) is 3. The summed E-state index contributed by atoms with van der Waals surface area (Å²) < 4.78 is 0. The van der Waals surface area contributed by atoms with Crippen LogP contribution in [0, 0.1) is 10.8 Å². The summed E-state index contributed by atoms with van der Waals surface area (Å²) in [6, 6.07) is 0. The Labute approximate surface area is 128 Å². The van der Waals surface area contributed by atoms with Gasteiger partial charge in [-0.05, 0) is 24.7 Å². The molecule has 0 aliphatic heterocycles. The SMILES string of the molecule is CCCCCC(C)(C)CNC(=O)C1(C(N)=NO)CCCC1. The van der Waals surface area contributed by atoms with Gasteiger partial charge in [0.25, 0.3) is 0 Å². The molecule has 1 rings (SSSR count). The minimum absolute atomic E-state index is 0.0567. The number of rotatable bonds is 8. The number of amides is 1. The van der Waals surface area contributed by atoms with Crippen molar-refractivity contribution in [2.45, 2.75) is 72.1 Å². The molecule has 1 saturated carbocycles. The third kappa shape index (κ3) is 4.61. The monoisotopic (exact) mass is 297 g/mol. The smallest absolute Gasteiger partial charge is 0.233 e. The van der Waals surface area contributed by atoms with Crippen molar-refractivity contribution in [2.24, 2.45) is 21.7 Å². The van der Waals surface area contributed by atoms with E-state index in [0.29, 0.717) is 19.4 Å². The van der Waals surface area contributed by atoms with Crippen molar-refractivity contribution in [3.05, 3.63) is 0 Å². The highest BCUT2D eigenvalue weighted by Gasteiger charge is 2.45. The van der Waals surface area contributed by atoms with Gasteiger partial charge in [0.05, 0.1) is 0 Å². The van der Waals surface area contributed by atoms with Gasteiger partial charge in [0.15, 0.2) is 5.84 Å². The molecule has 122 valence electrons. The lowest BCUT2D eigenvalue weighted by molar-refractivity contribution is -0.128. The van der Waals surface area contributed by atoms with Crippen LogP contribution in [0.15, 0.2) is 5.16 Å². The van der Waals surface area contributed by atoms with Crippen LogP contribution in [0.3, 0.4) is 0 Å². The van der Waals surface area contributed by atoms with E-state index >= 15 is 0 Å². The van der Waals surface area contributed by atoms with E-state index in [1.807, 2.05) is 0 Å². The summed E-state index contributed by atoms with van der Waals surface area (Å²) in [5.41, 5.74) is 5.07. The Morgan fingerprint density at radius 2 is 1.95 bits per heavy atom. The number of amidine groups is 1. The summed E-state index contributed by atoms with van der Waals surface area (Å²) in [4.78, 5) is 12.6. The number of oxime groups is 1. The first kappa shape index (κ1) is 17.8. The summed E-state index contributed by atoms with van der Waals surface area (Å²) in [5, 5.41) is 15.1. The van der Waals surface area contributed by atoms with Crippen molar-refractivity contribution >= 4 is 11.7 Å². The fourth-order valence-electron chi connectivity index (χ4n) is 3.10. The van der Waals surface area contributed by atoms with Gasteiger partial charge in [-0.2, -0.15) is 0 Å². The third-order valence-electron chi connectivity index (χ3n) is 4.67. The van der Waals surface area contributed by atoms with E-state index in [2.05, 4.69) is 31.2 Å². The van der Waals surface area contributed by atoms with E-state index in [-0.39, 0.29) is 17.2 Å². The first-order valence-corrected chi connectivity index (χ1v) is 8.14. The molecule has 0 bridgehead atoms. The Morgan fingerprint density at radius 1 is 1.33 bits per heavy atom. The van der Waals surface area contributed by atoms with Crippen molar-refractivity contribution in [2.75, 3.05) is 6.54 Å². The second-order valence-corrected chi connectivity index (χ2v) is 7.08. The molecule has 1 aliphatic rings. The molecule has 5 heteroatoms. The van der Waals surface area contributed by atoms with Crippen LogP contribution in [0.4, 0.5) is 0 Å². The summed E-state index contributed by atoms with van der Waals surface area (Å²) >= 11 is 0. The van der Waals surface area contributed by atoms with Gasteiger partial charge in [0, 0.05) is 6.54 Å². The maximum Gasteiger partial charge on any atom is 0.233 e.